The van der Waals surface area contributed by atoms with Gasteiger partial charge in [0.05, 0.1) is 10.6 Å². The standard InChI is InChI=1S/C11H11BrO3/c1-6-4-8(11(13)14)10(9(12)5-6)15-7-2-3-7/h4-5,7H,2-3H2,1H3,(H,13,14). The van der Waals surface area contributed by atoms with Crippen molar-refractivity contribution in [3.8, 4) is 5.75 Å². The summed E-state index contributed by atoms with van der Waals surface area (Å²) in [5, 5.41) is 9.05. The van der Waals surface area contributed by atoms with E-state index in [-0.39, 0.29) is 11.7 Å². The molecule has 1 aromatic rings. The van der Waals surface area contributed by atoms with Gasteiger partial charge in [0.25, 0.3) is 0 Å². The fraction of sp³-hybridized carbons (Fsp3) is 0.364. The highest BCUT2D eigenvalue weighted by Crippen LogP contribution is 2.35. The zero-order valence-corrected chi connectivity index (χ0v) is 9.87. The van der Waals surface area contributed by atoms with Crippen LogP contribution in [0.4, 0.5) is 0 Å². The summed E-state index contributed by atoms with van der Waals surface area (Å²) in [6.07, 6.45) is 2.22. The topological polar surface area (TPSA) is 46.5 Å². The first kappa shape index (κ1) is 10.5. The van der Waals surface area contributed by atoms with Gasteiger partial charge < -0.3 is 9.84 Å². The van der Waals surface area contributed by atoms with Crippen LogP contribution >= 0.6 is 15.9 Å². The number of carboxylic acid groups (broad SMARTS) is 1. The third-order valence-electron chi connectivity index (χ3n) is 2.23. The molecule has 0 spiro atoms. The molecule has 2 rings (SSSR count). The summed E-state index contributed by atoms with van der Waals surface area (Å²) in [6, 6.07) is 3.50. The molecule has 0 atom stereocenters. The first-order chi connectivity index (χ1) is 7.08. The van der Waals surface area contributed by atoms with Crippen molar-refractivity contribution >= 4 is 21.9 Å². The van der Waals surface area contributed by atoms with Crippen molar-refractivity contribution in [1.82, 2.24) is 0 Å². The summed E-state index contributed by atoms with van der Waals surface area (Å²) in [7, 11) is 0. The van der Waals surface area contributed by atoms with E-state index in [1.54, 1.807) is 6.07 Å². The summed E-state index contributed by atoms with van der Waals surface area (Å²) in [5.74, 6) is -0.495. The molecular weight excluding hydrogens is 260 g/mol. The first-order valence-corrected chi connectivity index (χ1v) is 5.57. The number of carbonyl (C=O) groups is 1. The zero-order valence-electron chi connectivity index (χ0n) is 8.29. The highest BCUT2D eigenvalue weighted by molar-refractivity contribution is 9.10. The summed E-state index contributed by atoms with van der Waals surface area (Å²) < 4.78 is 6.29. The second-order valence-corrected chi connectivity index (χ2v) is 4.60. The van der Waals surface area contributed by atoms with Crippen molar-refractivity contribution in [3.63, 3.8) is 0 Å². The highest BCUT2D eigenvalue weighted by atomic mass is 79.9. The Bertz CT molecular complexity index is 411. The largest absolute Gasteiger partial charge is 0.488 e. The Morgan fingerprint density at radius 1 is 1.53 bits per heavy atom. The fourth-order valence-electron chi connectivity index (χ4n) is 1.36. The van der Waals surface area contributed by atoms with Gasteiger partial charge in [-0.1, -0.05) is 0 Å². The van der Waals surface area contributed by atoms with Crippen molar-refractivity contribution in [2.75, 3.05) is 0 Å². The Labute approximate surface area is 96.2 Å². The number of rotatable bonds is 3. The van der Waals surface area contributed by atoms with Crippen molar-refractivity contribution in [2.24, 2.45) is 0 Å². The number of carboxylic acids is 1. The number of aryl methyl sites for hydroxylation is 1. The SMILES string of the molecule is Cc1cc(Br)c(OC2CC2)c(C(=O)O)c1. The molecule has 80 valence electrons. The van der Waals surface area contributed by atoms with E-state index in [4.69, 9.17) is 9.84 Å². The molecule has 0 amide bonds. The summed E-state index contributed by atoms with van der Waals surface area (Å²) in [4.78, 5) is 11.0. The molecule has 0 saturated heterocycles. The average molecular weight is 271 g/mol. The van der Waals surface area contributed by atoms with Gasteiger partial charge >= 0.3 is 5.97 Å². The molecule has 0 aromatic heterocycles. The van der Waals surface area contributed by atoms with Gasteiger partial charge in [0, 0.05) is 0 Å². The van der Waals surface area contributed by atoms with Crippen molar-refractivity contribution in [3.05, 3.63) is 27.7 Å². The highest BCUT2D eigenvalue weighted by Gasteiger charge is 2.27. The molecule has 0 radical (unpaired) electrons. The van der Waals surface area contributed by atoms with Gasteiger partial charge in [-0.15, -0.1) is 0 Å². The molecule has 1 N–H and O–H groups in total. The van der Waals surface area contributed by atoms with Gasteiger partial charge in [-0.25, -0.2) is 4.79 Å². The molecule has 0 aliphatic heterocycles. The third-order valence-corrected chi connectivity index (χ3v) is 2.82. The Morgan fingerprint density at radius 3 is 2.73 bits per heavy atom. The quantitative estimate of drug-likeness (QED) is 0.919. The number of hydrogen-bond acceptors (Lipinski definition) is 2. The van der Waals surface area contributed by atoms with E-state index >= 15 is 0 Å². The first-order valence-electron chi connectivity index (χ1n) is 4.78. The zero-order chi connectivity index (χ0) is 11.0. The van der Waals surface area contributed by atoms with Crippen LogP contribution in [0.5, 0.6) is 5.75 Å². The van der Waals surface area contributed by atoms with Crippen LogP contribution in [0.3, 0.4) is 0 Å². The van der Waals surface area contributed by atoms with Gasteiger partial charge in [0.1, 0.15) is 11.3 Å². The molecule has 0 bridgehead atoms. The van der Waals surface area contributed by atoms with Crippen LogP contribution in [0.1, 0.15) is 28.8 Å². The van der Waals surface area contributed by atoms with E-state index in [2.05, 4.69) is 15.9 Å². The van der Waals surface area contributed by atoms with Gasteiger partial charge in [-0.3, -0.25) is 0 Å². The lowest BCUT2D eigenvalue weighted by molar-refractivity contribution is 0.0691. The van der Waals surface area contributed by atoms with Gasteiger partial charge in [0.2, 0.25) is 0 Å². The average Bonchev–Trinajstić information content (AvgIpc) is 2.92. The van der Waals surface area contributed by atoms with Crippen molar-refractivity contribution in [1.29, 1.82) is 0 Å². The monoisotopic (exact) mass is 270 g/mol. The lowest BCUT2D eigenvalue weighted by Gasteiger charge is -2.11. The Balaban J connectivity index is 2.42. The van der Waals surface area contributed by atoms with Crippen LogP contribution < -0.4 is 4.74 Å². The minimum atomic E-state index is -0.949. The van der Waals surface area contributed by atoms with Gasteiger partial charge in [-0.05, 0) is 53.4 Å². The lowest BCUT2D eigenvalue weighted by Crippen LogP contribution is -2.05. The van der Waals surface area contributed by atoms with E-state index in [1.807, 2.05) is 13.0 Å². The Hall–Kier alpha value is -1.03. The molecule has 1 aromatic carbocycles. The maximum atomic E-state index is 11.0. The second kappa shape index (κ2) is 3.85. The predicted molar refractivity (Wildman–Crippen MR) is 59.5 cm³/mol. The van der Waals surface area contributed by atoms with E-state index in [0.29, 0.717) is 10.2 Å². The molecule has 1 aliphatic carbocycles. The van der Waals surface area contributed by atoms with E-state index in [0.717, 1.165) is 18.4 Å². The molecule has 0 heterocycles. The third kappa shape index (κ3) is 2.31. The minimum absolute atomic E-state index is 0.196. The maximum Gasteiger partial charge on any atom is 0.339 e. The van der Waals surface area contributed by atoms with E-state index < -0.39 is 5.97 Å². The molecular formula is C11H11BrO3. The van der Waals surface area contributed by atoms with E-state index in [9.17, 15) is 4.79 Å². The number of hydrogen-bond donors (Lipinski definition) is 1. The number of aromatic carboxylic acids is 1. The van der Waals surface area contributed by atoms with Crippen molar-refractivity contribution in [2.45, 2.75) is 25.9 Å². The molecule has 15 heavy (non-hydrogen) atoms. The van der Waals surface area contributed by atoms with Crippen LogP contribution in [-0.4, -0.2) is 17.2 Å². The smallest absolute Gasteiger partial charge is 0.339 e. The van der Waals surface area contributed by atoms with Gasteiger partial charge in [-0.2, -0.15) is 0 Å². The number of halogens is 1. The van der Waals surface area contributed by atoms with Crippen molar-refractivity contribution < 1.29 is 14.6 Å². The number of benzene rings is 1. The van der Waals surface area contributed by atoms with Crippen LogP contribution in [0, 0.1) is 6.92 Å². The number of ether oxygens (including phenoxy) is 1. The van der Waals surface area contributed by atoms with Gasteiger partial charge in [0.15, 0.2) is 0 Å². The lowest BCUT2D eigenvalue weighted by atomic mass is 10.1. The van der Waals surface area contributed by atoms with Crippen LogP contribution in [-0.2, 0) is 0 Å². The summed E-state index contributed by atoms with van der Waals surface area (Å²) >= 11 is 3.33. The molecule has 0 unspecified atom stereocenters. The van der Waals surface area contributed by atoms with Crippen LogP contribution in [0.2, 0.25) is 0 Å². The summed E-state index contributed by atoms with van der Waals surface area (Å²) in [6.45, 7) is 1.86. The normalized spacial score (nSPS) is 15.1. The molecule has 1 saturated carbocycles. The molecule has 1 aliphatic rings. The van der Waals surface area contributed by atoms with Crippen LogP contribution in [0.25, 0.3) is 0 Å². The summed E-state index contributed by atoms with van der Waals surface area (Å²) in [5.41, 5.74) is 1.14. The Morgan fingerprint density at radius 2 is 2.20 bits per heavy atom. The predicted octanol–water partition coefficient (Wildman–Crippen LogP) is 3.00. The van der Waals surface area contributed by atoms with E-state index in [1.165, 1.54) is 0 Å². The second-order valence-electron chi connectivity index (χ2n) is 3.75. The fourth-order valence-corrected chi connectivity index (χ4v) is 2.03. The minimum Gasteiger partial charge on any atom is -0.488 e. The Kier molecular flexibility index (Phi) is 2.69. The molecule has 4 heteroatoms. The molecule has 3 nitrogen and oxygen atoms in total. The molecule has 1 fully saturated rings. The maximum absolute atomic E-state index is 11.0. The van der Waals surface area contributed by atoms with Crippen LogP contribution in [0.15, 0.2) is 16.6 Å².